The second kappa shape index (κ2) is 6.35. The van der Waals surface area contributed by atoms with Crippen molar-refractivity contribution in [3.8, 4) is 6.07 Å². The molecule has 0 aliphatic carbocycles. The summed E-state index contributed by atoms with van der Waals surface area (Å²) in [6, 6.07) is 5.96. The van der Waals surface area contributed by atoms with Crippen molar-refractivity contribution in [1.82, 2.24) is 0 Å². The number of nitro benzene ring substituents is 1. The van der Waals surface area contributed by atoms with E-state index in [1.165, 1.54) is 18.2 Å². The molecule has 0 fully saturated rings. The van der Waals surface area contributed by atoms with Crippen LogP contribution < -0.4 is 5.32 Å². The van der Waals surface area contributed by atoms with Crippen molar-refractivity contribution in [1.29, 1.82) is 5.26 Å². The van der Waals surface area contributed by atoms with E-state index in [0.717, 1.165) is 0 Å². The topological polar surface area (TPSA) is 99.2 Å². The number of aliphatic hydroxyl groups is 1. The van der Waals surface area contributed by atoms with Gasteiger partial charge in [0, 0.05) is 18.7 Å². The fourth-order valence-corrected chi connectivity index (χ4v) is 2.13. The molecule has 0 saturated heterocycles. The van der Waals surface area contributed by atoms with Crippen LogP contribution in [0.5, 0.6) is 0 Å². The third-order valence-electron chi connectivity index (χ3n) is 2.84. The van der Waals surface area contributed by atoms with Gasteiger partial charge in [0.25, 0.3) is 5.69 Å². The highest BCUT2D eigenvalue weighted by molar-refractivity contribution is 5.61. The minimum absolute atomic E-state index is 0.124. The van der Waals surface area contributed by atoms with E-state index in [1.54, 1.807) is 6.92 Å². The van der Waals surface area contributed by atoms with Gasteiger partial charge in [0.05, 0.1) is 21.8 Å². The maximum absolute atomic E-state index is 10.7. The van der Waals surface area contributed by atoms with Crippen LogP contribution >= 0.6 is 0 Å². The first-order chi connectivity index (χ1) is 9.25. The molecule has 0 spiro atoms. The molecule has 1 atom stereocenters. The second-order valence-corrected chi connectivity index (χ2v) is 5.55. The smallest absolute Gasteiger partial charge is 0.270 e. The Balaban J connectivity index is 2.83. The van der Waals surface area contributed by atoms with E-state index in [2.05, 4.69) is 5.32 Å². The van der Waals surface area contributed by atoms with Gasteiger partial charge in [-0.3, -0.25) is 10.1 Å². The quantitative estimate of drug-likeness (QED) is 0.615. The second-order valence-electron chi connectivity index (χ2n) is 5.55. The van der Waals surface area contributed by atoms with Crippen molar-refractivity contribution < 1.29 is 10.0 Å². The molecule has 6 nitrogen and oxygen atoms in total. The summed E-state index contributed by atoms with van der Waals surface area (Å²) < 4.78 is 0. The summed E-state index contributed by atoms with van der Waals surface area (Å²) in [5.41, 5.74) is -0.342. The summed E-state index contributed by atoms with van der Waals surface area (Å²) >= 11 is 0. The minimum atomic E-state index is -0.900. The molecule has 1 aromatic rings. The van der Waals surface area contributed by atoms with Crippen molar-refractivity contribution in [3.05, 3.63) is 33.9 Å². The zero-order valence-electron chi connectivity index (χ0n) is 11.9. The van der Waals surface area contributed by atoms with E-state index in [4.69, 9.17) is 5.26 Å². The van der Waals surface area contributed by atoms with E-state index >= 15 is 0 Å². The molecule has 0 bridgehead atoms. The standard InChI is InChI=1S/C14H19N3O3/c1-10(2)7-14(3,18)9-16-13-5-4-12(17(19)20)6-11(13)8-15/h4-6,10,16,18H,7,9H2,1-3H3. The fraction of sp³-hybridized carbons (Fsp3) is 0.500. The lowest BCUT2D eigenvalue weighted by atomic mass is 9.94. The van der Waals surface area contributed by atoms with Gasteiger partial charge in [0.15, 0.2) is 0 Å². The van der Waals surface area contributed by atoms with Crippen LogP contribution in [0, 0.1) is 27.4 Å². The first-order valence-corrected chi connectivity index (χ1v) is 6.40. The Morgan fingerprint density at radius 3 is 2.70 bits per heavy atom. The van der Waals surface area contributed by atoms with Gasteiger partial charge in [-0.25, -0.2) is 0 Å². The third kappa shape index (κ3) is 4.52. The number of nitro groups is 1. The first-order valence-electron chi connectivity index (χ1n) is 6.40. The minimum Gasteiger partial charge on any atom is -0.388 e. The number of nitriles is 1. The summed E-state index contributed by atoms with van der Waals surface area (Å²) in [5.74, 6) is 0.346. The van der Waals surface area contributed by atoms with E-state index in [9.17, 15) is 15.2 Å². The first kappa shape index (κ1) is 15.9. The van der Waals surface area contributed by atoms with E-state index < -0.39 is 10.5 Å². The summed E-state index contributed by atoms with van der Waals surface area (Å²) in [6.07, 6.45) is 0.620. The van der Waals surface area contributed by atoms with Crippen LogP contribution in [-0.4, -0.2) is 22.2 Å². The van der Waals surface area contributed by atoms with E-state index in [1.807, 2.05) is 19.9 Å². The molecule has 0 aliphatic heterocycles. The molecule has 0 radical (unpaired) electrons. The number of non-ortho nitro benzene ring substituents is 1. The lowest BCUT2D eigenvalue weighted by Crippen LogP contribution is -2.35. The zero-order valence-corrected chi connectivity index (χ0v) is 11.9. The summed E-state index contributed by atoms with van der Waals surface area (Å²) in [4.78, 5) is 10.1. The average molecular weight is 277 g/mol. The summed E-state index contributed by atoms with van der Waals surface area (Å²) in [6.45, 7) is 6.03. The monoisotopic (exact) mass is 277 g/mol. The van der Waals surface area contributed by atoms with Gasteiger partial charge in [-0.2, -0.15) is 5.26 Å². The Morgan fingerprint density at radius 1 is 1.55 bits per heavy atom. The SMILES string of the molecule is CC(C)CC(C)(O)CNc1ccc([N+](=O)[O-])cc1C#N. The van der Waals surface area contributed by atoms with Gasteiger partial charge in [-0.15, -0.1) is 0 Å². The van der Waals surface area contributed by atoms with E-state index in [0.29, 0.717) is 18.0 Å². The number of rotatable bonds is 6. The molecule has 0 heterocycles. The van der Waals surface area contributed by atoms with Gasteiger partial charge in [-0.05, 0) is 25.3 Å². The van der Waals surface area contributed by atoms with Crippen molar-refractivity contribution in [2.75, 3.05) is 11.9 Å². The molecule has 2 N–H and O–H groups in total. The molecule has 0 amide bonds. The highest BCUT2D eigenvalue weighted by Crippen LogP contribution is 2.23. The normalized spacial score (nSPS) is 13.6. The van der Waals surface area contributed by atoms with Gasteiger partial charge in [-0.1, -0.05) is 13.8 Å². The van der Waals surface area contributed by atoms with Crippen LogP contribution in [0.2, 0.25) is 0 Å². The summed E-state index contributed by atoms with van der Waals surface area (Å²) in [7, 11) is 0. The Kier molecular flexibility index (Phi) is 5.06. The molecule has 1 aromatic carbocycles. The molecule has 0 aromatic heterocycles. The van der Waals surface area contributed by atoms with Crippen LogP contribution in [0.4, 0.5) is 11.4 Å². The van der Waals surface area contributed by atoms with Crippen molar-refractivity contribution in [3.63, 3.8) is 0 Å². The number of nitrogens with zero attached hydrogens (tertiary/aromatic N) is 2. The molecule has 1 rings (SSSR count). The van der Waals surface area contributed by atoms with Crippen LogP contribution in [0.3, 0.4) is 0 Å². The van der Waals surface area contributed by atoms with Gasteiger partial charge in [0.1, 0.15) is 6.07 Å². The van der Waals surface area contributed by atoms with Crippen molar-refractivity contribution in [2.24, 2.45) is 5.92 Å². The molecular weight excluding hydrogens is 258 g/mol. The molecule has 108 valence electrons. The Morgan fingerprint density at radius 2 is 2.20 bits per heavy atom. The predicted molar refractivity (Wildman–Crippen MR) is 76.4 cm³/mol. The predicted octanol–water partition coefficient (Wildman–Crippen LogP) is 2.68. The average Bonchev–Trinajstić information content (AvgIpc) is 2.34. The third-order valence-corrected chi connectivity index (χ3v) is 2.84. The number of nitrogens with one attached hydrogen (secondary N) is 1. The molecule has 6 heteroatoms. The zero-order chi connectivity index (χ0) is 15.3. The summed E-state index contributed by atoms with van der Waals surface area (Å²) in [5, 5.41) is 32.9. The van der Waals surface area contributed by atoms with Crippen molar-refractivity contribution in [2.45, 2.75) is 32.8 Å². The molecule has 0 saturated carbocycles. The van der Waals surface area contributed by atoms with Crippen LogP contribution in [0.25, 0.3) is 0 Å². The Bertz CT molecular complexity index is 533. The van der Waals surface area contributed by atoms with Crippen LogP contribution in [-0.2, 0) is 0 Å². The number of benzene rings is 1. The lowest BCUT2D eigenvalue weighted by molar-refractivity contribution is -0.384. The molecule has 1 unspecified atom stereocenters. The van der Waals surface area contributed by atoms with Gasteiger partial charge < -0.3 is 10.4 Å². The highest BCUT2D eigenvalue weighted by Gasteiger charge is 2.22. The number of anilines is 1. The molecule has 0 aliphatic rings. The Labute approximate surface area is 118 Å². The molecular formula is C14H19N3O3. The van der Waals surface area contributed by atoms with Gasteiger partial charge >= 0.3 is 0 Å². The lowest BCUT2D eigenvalue weighted by Gasteiger charge is -2.26. The largest absolute Gasteiger partial charge is 0.388 e. The van der Waals surface area contributed by atoms with E-state index in [-0.39, 0.29) is 17.8 Å². The van der Waals surface area contributed by atoms with Crippen LogP contribution in [0.1, 0.15) is 32.8 Å². The maximum Gasteiger partial charge on any atom is 0.270 e. The molecule has 20 heavy (non-hydrogen) atoms. The number of hydrogen-bond acceptors (Lipinski definition) is 5. The van der Waals surface area contributed by atoms with Gasteiger partial charge in [0.2, 0.25) is 0 Å². The van der Waals surface area contributed by atoms with Crippen molar-refractivity contribution >= 4 is 11.4 Å². The fourth-order valence-electron chi connectivity index (χ4n) is 2.13. The number of hydrogen-bond donors (Lipinski definition) is 2. The van der Waals surface area contributed by atoms with Crippen LogP contribution in [0.15, 0.2) is 18.2 Å². The Hall–Kier alpha value is -2.13. The maximum atomic E-state index is 10.7. The highest BCUT2D eigenvalue weighted by atomic mass is 16.6.